The monoisotopic (exact) mass is 532 g/mol. The number of aromatic nitrogens is 3. The molecule has 0 spiro atoms. The molecular weight excluding hydrogens is 506 g/mol. The standard InChI is InChI=1S/C25H27ClF2N6O3/c1-33-18-7-6-14(30-22-17(26)10-29-24(32-22)34-8-2-3-15(34)11-35)9-16(18)19-20(23(33)36)37-12-25(27,28)21(31-19)13-4-5-13/h6-7,9-10,13,15,21,31,35H,2-5,8,11-12H2,1H3,(H,29,30,32). The summed E-state index contributed by atoms with van der Waals surface area (Å²) in [5.74, 6) is -2.56. The van der Waals surface area contributed by atoms with E-state index in [-0.39, 0.29) is 30.0 Å². The molecule has 4 heterocycles. The highest BCUT2D eigenvalue weighted by molar-refractivity contribution is 6.33. The van der Waals surface area contributed by atoms with E-state index < -0.39 is 24.1 Å². The summed E-state index contributed by atoms with van der Waals surface area (Å²) < 4.78 is 36.6. The summed E-state index contributed by atoms with van der Waals surface area (Å²) in [5, 5.41) is 16.7. The van der Waals surface area contributed by atoms with Crippen molar-refractivity contribution in [2.45, 2.75) is 43.7 Å². The molecule has 0 amide bonds. The Kier molecular flexibility index (Phi) is 5.87. The number of halogens is 3. The fourth-order valence-corrected chi connectivity index (χ4v) is 5.43. The van der Waals surface area contributed by atoms with Gasteiger partial charge in [0.25, 0.3) is 5.56 Å². The van der Waals surface area contributed by atoms with Crippen LogP contribution in [0.1, 0.15) is 25.7 Å². The summed E-state index contributed by atoms with van der Waals surface area (Å²) in [7, 11) is 1.59. The number of aryl methyl sites for hydroxylation is 1. The lowest BCUT2D eigenvalue weighted by atomic mass is 10.0. The van der Waals surface area contributed by atoms with Crippen molar-refractivity contribution in [1.82, 2.24) is 14.5 Å². The van der Waals surface area contributed by atoms with Gasteiger partial charge >= 0.3 is 5.92 Å². The van der Waals surface area contributed by atoms with Crippen molar-refractivity contribution in [2.75, 3.05) is 35.3 Å². The summed E-state index contributed by atoms with van der Waals surface area (Å²) in [6.07, 6.45) is 4.72. The lowest BCUT2D eigenvalue weighted by molar-refractivity contribution is -0.0579. The molecule has 1 saturated heterocycles. The molecule has 1 aromatic carbocycles. The van der Waals surface area contributed by atoms with Crippen molar-refractivity contribution in [3.05, 3.63) is 39.8 Å². The van der Waals surface area contributed by atoms with Crippen LogP contribution in [0.15, 0.2) is 29.2 Å². The minimum atomic E-state index is -3.11. The van der Waals surface area contributed by atoms with Crippen LogP contribution in [0.3, 0.4) is 0 Å². The summed E-state index contributed by atoms with van der Waals surface area (Å²) in [6, 6.07) is 4.12. The number of nitrogens with one attached hydrogen (secondary N) is 2. The molecule has 196 valence electrons. The Labute approximate surface area is 216 Å². The summed E-state index contributed by atoms with van der Waals surface area (Å²) in [5.41, 5.74) is 0.965. The lowest BCUT2D eigenvalue weighted by Crippen LogP contribution is -2.44. The van der Waals surface area contributed by atoms with Crippen molar-refractivity contribution >= 4 is 45.6 Å². The van der Waals surface area contributed by atoms with Gasteiger partial charge in [-0.3, -0.25) is 4.79 Å². The number of aliphatic hydroxyl groups excluding tert-OH is 1. The predicted octanol–water partition coefficient (Wildman–Crippen LogP) is 3.90. The average Bonchev–Trinajstić information content (AvgIpc) is 3.62. The second-order valence-corrected chi connectivity index (χ2v) is 10.4. The molecule has 0 bridgehead atoms. The van der Waals surface area contributed by atoms with Gasteiger partial charge in [0.2, 0.25) is 11.7 Å². The first-order valence-corrected chi connectivity index (χ1v) is 12.8. The molecule has 1 aliphatic carbocycles. The molecule has 1 saturated carbocycles. The van der Waals surface area contributed by atoms with Gasteiger partial charge in [-0.05, 0) is 49.8 Å². The van der Waals surface area contributed by atoms with E-state index in [2.05, 4.69) is 20.6 Å². The quantitative estimate of drug-likeness (QED) is 0.454. The number of alkyl halides is 2. The fraction of sp³-hybridized carbons (Fsp3) is 0.480. The number of ether oxygens (including phenoxy) is 1. The molecule has 3 N–H and O–H groups in total. The molecule has 12 heteroatoms. The maximum Gasteiger partial charge on any atom is 0.301 e. The van der Waals surface area contributed by atoms with Gasteiger partial charge in [0.05, 0.1) is 36.1 Å². The van der Waals surface area contributed by atoms with E-state index >= 15 is 0 Å². The largest absolute Gasteiger partial charge is 0.480 e. The fourth-order valence-electron chi connectivity index (χ4n) is 5.30. The number of rotatable bonds is 5. The van der Waals surface area contributed by atoms with Gasteiger partial charge in [0.15, 0.2) is 12.4 Å². The van der Waals surface area contributed by atoms with E-state index in [1.807, 2.05) is 4.90 Å². The van der Waals surface area contributed by atoms with Crippen LogP contribution >= 0.6 is 11.6 Å². The molecular formula is C25H27ClF2N6O3. The minimum Gasteiger partial charge on any atom is -0.480 e. The summed E-state index contributed by atoms with van der Waals surface area (Å²) >= 11 is 6.40. The van der Waals surface area contributed by atoms with E-state index in [9.17, 15) is 18.7 Å². The first kappa shape index (κ1) is 24.2. The Balaban J connectivity index is 1.40. The molecule has 6 rings (SSSR count). The van der Waals surface area contributed by atoms with E-state index in [1.54, 1.807) is 25.2 Å². The van der Waals surface area contributed by atoms with E-state index in [0.29, 0.717) is 46.2 Å². The molecule has 3 aromatic rings. The third-order valence-electron chi connectivity index (χ3n) is 7.45. The summed E-state index contributed by atoms with van der Waals surface area (Å²) in [4.78, 5) is 23.9. The van der Waals surface area contributed by atoms with Crippen molar-refractivity contribution in [1.29, 1.82) is 0 Å². The Morgan fingerprint density at radius 2 is 2.14 bits per heavy atom. The van der Waals surface area contributed by atoms with Crippen LogP contribution in [0, 0.1) is 5.92 Å². The van der Waals surface area contributed by atoms with Crippen LogP contribution in [-0.4, -0.2) is 57.4 Å². The van der Waals surface area contributed by atoms with Gasteiger partial charge in [-0.2, -0.15) is 4.98 Å². The number of fused-ring (bicyclic) bond motifs is 3. The van der Waals surface area contributed by atoms with Gasteiger partial charge < -0.3 is 29.9 Å². The van der Waals surface area contributed by atoms with E-state index in [0.717, 1.165) is 19.4 Å². The molecule has 3 aliphatic rings. The second-order valence-electron chi connectivity index (χ2n) is 9.97. The SMILES string of the molecule is Cn1c(=O)c2c(c3cc(Nc4nc(N5CCCC5CO)ncc4Cl)ccc31)NC(C1CC1)C(F)(F)CO2. The minimum absolute atomic E-state index is 0.0131. The van der Waals surface area contributed by atoms with E-state index in [4.69, 9.17) is 16.3 Å². The van der Waals surface area contributed by atoms with Gasteiger partial charge in [-0.15, -0.1) is 0 Å². The zero-order chi connectivity index (χ0) is 25.9. The molecule has 2 atom stereocenters. The highest BCUT2D eigenvalue weighted by Gasteiger charge is 2.51. The van der Waals surface area contributed by atoms with Crippen molar-refractivity contribution in [2.24, 2.45) is 13.0 Å². The van der Waals surface area contributed by atoms with Gasteiger partial charge in [0.1, 0.15) is 5.02 Å². The van der Waals surface area contributed by atoms with Crippen molar-refractivity contribution in [3.63, 3.8) is 0 Å². The Morgan fingerprint density at radius 3 is 2.89 bits per heavy atom. The van der Waals surface area contributed by atoms with Crippen molar-refractivity contribution in [3.8, 4) is 5.75 Å². The third kappa shape index (κ3) is 4.23. The molecule has 2 unspecified atom stereocenters. The Hall–Kier alpha value is -3.18. The number of anilines is 4. The predicted molar refractivity (Wildman–Crippen MR) is 138 cm³/mol. The number of pyridine rings is 1. The zero-order valence-electron chi connectivity index (χ0n) is 20.2. The van der Waals surface area contributed by atoms with Crippen LogP contribution in [0.2, 0.25) is 5.02 Å². The average molecular weight is 533 g/mol. The number of aliphatic hydroxyl groups is 1. The van der Waals surface area contributed by atoms with Crippen molar-refractivity contribution < 1.29 is 18.6 Å². The summed E-state index contributed by atoms with van der Waals surface area (Å²) in [6.45, 7) is -0.0996. The Bertz CT molecular complexity index is 1430. The van der Waals surface area contributed by atoms with Crippen LogP contribution in [0.4, 0.5) is 31.9 Å². The highest BCUT2D eigenvalue weighted by Crippen LogP contribution is 2.45. The number of nitrogens with zero attached hydrogens (tertiary/aromatic N) is 4. The first-order valence-electron chi connectivity index (χ1n) is 12.4. The maximum atomic E-state index is 14.9. The first-order chi connectivity index (χ1) is 17.8. The molecule has 2 aromatic heterocycles. The van der Waals surface area contributed by atoms with Gasteiger partial charge in [-0.25, -0.2) is 13.8 Å². The molecule has 37 heavy (non-hydrogen) atoms. The zero-order valence-corrected chi connectivity index (χ0v) is 20.9. The van der Waals surface area contributed by atoms with Gasteiger partial charge in [-0.1, -0.05) is 11.6 Å². The molecule has 0 radical (unpaired) electrons. The number of benzene rings is 1. The maximum absolute atomic E-state index is 14.9. The van der Waals surface area contributed by atoms with Crippen LogP contribution in [-0.2, 0) is 7.05 Å². The lowest BCUT2D eigenvalue weighted by Gasteiger charge is -2.25. The van der Waals surface area contributed by atoms with Crippen LogP contribution < -0.4 is 25.8 Å². The topological polar surface area (TPSA) is 105 Å². The second kappa shape index (κ2) is 8.98. The number of hydrogen-bond donors (Lipinski definition) is 3. The number of hydrogen-bond acceptors (Lipinski definition) is 8. The normalized spacial score (nSPS) is 22.8. The third-order valence-corrected chi connectivity index (χ3v) is 7.73. The van der Waals surface area contributed by atoms with Gasteiger partial charge in [0, 0.05) is 24.7 Å². The van der Waals surface area contributed by atoms with Crippen LogP contribution in [0.5, 0.6) is 5.75 Å². The highest BCUT2D eigenvalue weighted by atomic mass is 35.5. The molecule has 2 fully saturated rings. The van der Waals surface area contributed by atoms with Crippen LogP contribution in [0.25, 0.3) is 10.9 Å². The van der Waals surface area contributed by atoms with E-state index in [1.165, 1.54) is 10.8 Å². The molecule has 9 nitrogen and oxygen atoms in total. The Morgan fingerprint density at radius 1 is 1.32 bits per heavy atom. The smallest absolute Gasteiger partial charge is 0.301 e. The molecule has 2 aliphatic heterocycles.